The summed E-state index contributed by atoms with van der Waals surface area (Å²) < 4.78 is 0.983. The molecule has 4 nitrogen and oxygen atoms in total. The van der Waals surface area contributed by atoms with E-state index in [2.05, 4.69) is 26.3 Å². The number of aromatic nitrogens is 1. The Morgan fingerprint density at radius 3 is 2.94 bits per heavy atom. The summed E-state index contributed by atoms with van der Waals surface area (Å²) in [7, 11) is 0. The smallest absolute Gasteiger partial charge is 0.233 e. The lowest BCUT2D eigenvalue weighted by Crippen LogP contribution is -2.29. The van der Waals surface area contributed by atoms with Gasteiger partial charge in [0.1, 0.15) is 0 Å². The van der Waals surface area contributed by atoms with E-state index in [4.69, 9.17) is 5.84 Å². The fourth-order valence-electron chi connectivity index (χ4n) is 1.08. The van der Waals surface area contributed by atoms with Crippen molar-refractivity contribution >= 4 is 33.6 Å². The van der Waals surface area contributed by atoms with Gasteiger partial charge in [-0.25, -0.2) is 10.8 Å². The van der Waals surface area contributed by atoms with Crippen molar-refractivity contribution in [3.8, 4) is 0 Å². The Bertz CT molecular complexity index is 331. The van der Waals surface area contributed by atoms with Gasteiger partial charge in [0.25, 0.3) is 0 Å². The van der Waals surface area contributed by atoms with Crippen LogP contribution in [0.3, 0.4) is 0 Å². The number of carbonyl (C=O) groups excluding carboxylic acids is 1. The SMILES string of the molecule is NNC(=O)CCCCSc1ccc(Br)cn1. The summed E-state index contributed by atoms with van der Waals surface area (Å²) in [4.78, 5) is 15.1. The van der Waals surface area contributed by atoms with Crippen molar-refractivity contribution in [1.82, 2.24) is 10.4 Å². The molecule has 0 spiro atoms. The highest BCUT2D eigenvalue weighted by molar-refractivity contribution is 9.10. The van der Waals surface area contributed by atoms with E-state index in [0.29, 0.717) is 6.42 Å². The quantitative estimate of drug-likeness (QED) is 0.278. The van der Waals surface area contributed by atoms with Crippen molar-refractivity contribution in [3.63, 3.8) is 0 Å². The zero-order valence-corrected chi connectivity index (χ0v) is 11.2. The second-order valence-corrected chi connectivity index (χ2v) is 5.22. The molecule has 1 aromatic rings. The van der Waals surface area contributed by atoms with E-state index in [1.807, 2.05) is 12.1 Å². The molecule has 0 radical (unpaired) electrons. The predicted molar refractivity (Wildman–Crippen MR) is 68.8 cm³/mol. The molecule has 0 aliphatic heterocycles. The molecule has 16 heavy (non-hydrogen) atoms. The first-order valence-electron chi connectivity index (χ1n) is 4.96. The number of carbonyl (C=O) groups is 1. The molecular weight excluding hydrogens is 290 g/mol. The van der Waals surface area contributed by atoms with Crippen molar-refractivity contribution in [2.45, 2.75) is 24.3 Å². The molecule has 0 aromatic carbocycles. The number of nitrogens with zero attached hydrogens (tertiary/aromatic N) is 1. The van der Waals surface area contributed by atoms with Crippen LogP contribution in [0.2, 0.25) is 0 Å². The largest absolute Gasteiger partial charge is 0.294 e. The molecule has 0 saturated heterocycles. The zero-order chi connectivity index (χ0) is 11.8. The van der Waals surface area contributed by atoms with Crippen LogP contribution in [0.5, 0.6) is 0 Å². The third-order valence-corrected chi connectivity index (χ3v) is 3.41. The van der Waals surface area contributed by atoms with Gasteiger partial charge in [-0.15, -0.1) is 11.8 Å². The number of halogens is 1. The van der Waals surface area contributed by atoms with Crippen molar-refractivity contribution < 1.29 is 4.79 Å². The molecule has 0 bridgehead atoms. The van der Waals surface area contributed by atoms with Crippen LogP contribution < -0.4 is 11.3 Å². The molecule has 0 unspecified atom stereocenters. The van der Waals surface area contributed by atoms with Gasteiger partial charge in [0.2, 0.25) is 5.91 Å². The van der Waals surface area contributed by atoms with Crippen LogP contribution in [-0.2, 0) is 4.79 Å². The molecule has 1 rings (SSSR count). The van der Waals surface area contributed by atoms with Crippen molar-refractivity contribution in [2.75, 3.05) is 5.75 Å². The van der Waals surface area contributed by atoms with E-state index < -0.39 is 0 Å². The van der Waals surface area contributed by atoms with E-state index in [9.17, 15) is 4.79 Å². The summed E-state index contributed by atoms with van der Waals surface area (Å²) in [5.74, 6) is 5.83. The van der Waals surface area contributed by atoms with E-state index in [1.54, 1.807) is 18.0 Å². The van der Waals surface area contributed by atoms with E-state index in [1.165, 1.54) is 0 Å². The number of hydrogen-bond acceptors (Lipinski definition) is 4. The Hall–Kier alpha value is -0.590. The fraction of sp³-hybridized carbons (Fsp3) is 0.400. The molecule has 0 fully saturated rings. The normalized spacial score (nSPS) is 10.1. The molecule has 1 amide bonds. The Morgan fingerprint density at radius 2 is 2.31 bits per heavy atom. The predicted octanol–water partition coefficient (Wildman–Crippen LogP) is 2.10. The number of hydrazine groups is 1. The number of hydrogen-bond donors (Lipinski definition) is 2. The minimum absolute atomic E-state index is 0.105. The molecular formula is C10H14BrN3OS. The minimum Gasteiger partial charge on any atom is -0.294 e. The van der Waals surface area contributed by atoms with Crippen molar-refractivity contribution in [1.29, 1.82) is 0 Å². The van der Waals surface area contributed by atoms with E-state index >= 15 is 0 Å². The van der Waals surface area contributed by atoms with Crippen LogP contribution >= 0.6 is 27.7 Å². The van der Waals surface area contributed by atoms with Gasteiger partial charge < -0.3 is 0 Å². The van der Waals surface area contributed by atoms with Crippen LogP contribution in [-0.4, -0.2) is 16.6 Å². The third kappa shape index (κ3) is 5.48. The van der Waals surface area contributed by atoms with Crippen LogP contribution in [0.1, 0.15) is 19.3 Å². The van der Waals surface area contributed by atoms with Crippen LogP contribution in [0.25, 0.3) is 0 Å². The van der Waals surface area contributed by atoms with Gasteiger partial charge >= 0.3 is 0 Å². The Labute approximate surface area is 107 Å². The highest BCUT2D eigenvalue weighted by Gasteiger charge is 1.99. The first-order valence-corrected chi connectivity index (χ1v) is 6.74. The van der Waals surface area contributed by atoms with Gasteiger partial charge in [0.05, 0.1) is 5.03 Å². The summed E-state index contributed by atoms with van der Waals surface area (Å²) in [6.07, 6.45) is 4.11. The van der Waals surface area contributed by atoms with Crippen LogP contribution in [0, 0.1) is 0 Å². The molecule has 0 aliphatic carbocycles. The van der Waals surface area contributed by atoms with E-state index in [0.717, 1.165) is 28.1 Å². The summed E-state index contributed by atoms with van der Waals surface area (Å²) in [5, 5.41) is 1.01. The molecule has 6 heteroatoms. The summed E-state index contributed by atoms with van der Waals surface area (Å²) in [5.41, 5.74) is 2.12. The summed E-state index contributed by atoms with van der Waals surface area (Å²) in [6, 6.07) is 3.94. The topological polar surface area (TPSA) is 68.0 Å². The monoisotopic (exact) mass is 303 g/mol. The highest BCUT2D eigenvalue weighted by atomic mass is 79.9. The number of nitrogens with two attached hydrogens (primary N) is 1. The Morgan fingerprint density at radius 1 is 1.50 bits per heavy atom. The minimum atomic E-state index is -0.105. The molecule has 3 N–H and O–H groups in total. The summed E-state index contributed by atoms with van der Waals surface area (Å²) >= 11 is 5.03. The molecule has 1 aromatic heterocycles. The number of nitrogens with one attached hydrogen (secondary N) is 1. The first kappa shape index (κ1) is 13.5. The lowest BCUT2D eigenvalue weighted by Gasteiger charge is -2.01. The maximum atomic E-state index is 10.8. The number of amides is 1. The number of rotatable bonds is 6. The molecule has 88 valence electrons. The maximum Gasteiger partial charge on any atom is 0.233 e. The van der Waals surface area contributed by atoms with Gasteiger partial charge in [-0.05, 0) is 46.7 Å². The molecule has 0 saturated carbocycles. The van der Waals surface area contributed by atoms with Gasteiger partial charge in [-0.3, -0.25) is 10.2 Å². The first-order chi connectivity index (χ1) is 7.72. The Balaban J connectivity index is 2.11. The summed E-state index contributed by atoms with van der Waals surface area (Å²) in [6.45, 7) is 0. The second-order valence-electron chi connectivity index (χ2n) is 3.19. The zero-order valence-electron chi connectivity index (χ0n) is 8.78. The number of thioether (sulfide) groups is 1. The molecule has 1 heterocycles. The average Bonchev–Trinajstić information content (AvgIpc) is 2.31. The van der Waals surface area contributed by atoms with E-state index in [-0.39, 0.29) is 5.91 Å². The second kappa shape index (κ2) is 7.65. The van der Waals surface area contributed by atoms with Crippen LogP contribution in [0.15, 0.2) is 27.8 Å². The maximum absolute atomic E-state index is 10.8. The molecule has 0 aliphatic rings. The standard InChI is InChI=1S/C10H14BrN3OS/c11-8-4-5-10(13-7-8)16-6-2-1-3-9(15)14-12/h4-5,7H,1-3,6,12H2,(H,14,15). The van der Waals surface area contributed by atoms with Crippen molar-refractivity contribution in [3.05, 3.63) is 22.8 Å². The highest BCUT2D eigenvalue weighted by Crippen LogP contribution is 2.18. The third-order valence-electron chi connectivity index (χ3n) is 1.91. The number of pyridine rings is 1. The fourth-order valence-corrected chi connectivity index (χ4v) is 2.17. The Kier molecular flexibility index (Phi) is 6.44. The van der Waals surface area contributed by atoms with Crippen LogP contribution in [0.4, 0.5) is 0 Å². The lowest BCUT2D eigenvalue weighted by atomic mass is 10.2. The van der Waals surface area contributed by atoms with Crippen molar-refractivity contribution in [2.24, 2.45) is 5.84 Å². The number of unbranched alkanes of at least 4 members (excludes halogenated alkanes) is 1. The van der Waals surface area contributed by atoms with Gasteiger partial charge in [0, 0.05) is 17.1 Å². The van der Waals surface area contributed by atoms with Gasteiger partial charge in [-0.1, -0.05) is 0 Å². The lowest BCUT2D eigenvalue weighted by molar-refractivity contribution is -0.121. The average molecular weight is 304 g/mol. The van der Waals surface area contributed by atoms with Gasteiger partial charge in [0.15, 0.2) is 0 Å². The molecule has 0 atom stereocenters. The van der Waals surface area contributed by atoms with Gasteiger partial charge in [-0.2, -0.15) is 0 Å².